The van der Waals surface area contributed by atoms with Crippen LogP contribution in [0.15, 0.2) is 0 Å². The van der Waals surface area contributed by atoms with Gasteiger partial charge >= 0.3 is 5.97 Å². The van der Waals surface area contributed by atoms with Gasteiger partial charge < -0.3 is 14.6 Å². The van der Waals surface area contributed by atoms with E-state index in [1.807, 2.05) is 0 Å². The first kappa shape index (κ1) is 46.2. The van der Waals surface area contributed by atoms with Gasteiger partial charge in [0.15, 0.2) is 0 Å². The van der Waals surface area contributed by atoms with Crippen molar-refractivity contribution in [2.75, 3.05) is 53.0 Å². The molecule has 0 aliphatic carbocycles. The minimum Gasteiger partial charge on any atom is -0.480 e. The third kappa shape index (κ3) is 39.5. The highest BCUT2D eigenvalue weighted by molar-refractivity contribution is 5.73. The quantitative estimate of drug-likeness (QED) is 0.0283. The molecule has 0 spiro atoms. The molecule has 9 nitrogen and oxygen atoms in total. The predicted octanol–water partition coefficient (Wildman–Crippen LogP) is 10.1. The Bertz CT molecular complexity index is 598. The minimum atomic E-state index is -1.06. The summed E-state index contributed by atoms with van der Waals surface area (Å²) in [5.41, 5.74) is 0. The van der Waals surface area contributed by atoms with Crippen molar-refractivity contribution >= 4 is 5.97 Å². The summed E-state index contributed by atoms with van der Waals surface area (Å²) in [6, 6.07) is -0.975. The number of carboxylic acid groups (broad SMARTS) is 1. The Labute approximate surface area is 289 Å². The van der Waals surface area contributed by atoms with Crippen LogP contribution in [0.25, 0.3) is 0 Å². The monoisotopic (exact) mass is 676 g/mol. The molecule has 0 fully saturated rings. The molecule has 0 aromatic heterocycles. The van der Waals surface area contributed by atoms with E-state index < -0.39 is 12.0 Å². The van der Waals surface area contributed by atoms with Gasteiger partial charge in [0.1, 0.15) is 32.6 Å². The fourth-order valence-corrected chi connectivity index (χ4v) is 5.46. The molecule has 0 saturated carbocycles. The lowest BCUT2D eigenvalue weighted by Crippen LogP contribution is -2.41. The maximum atomic E-state index is 11.4. The van der Waals surface area contributed by atoms with E-state index in [4.69, 9.17) is 29.0 Å². The van der Waals surface area contributed by atoms with Crippen LogP contribution >= 0.6 is 0 Å². The Hall–Kier alpha value is -0.810. The van der Waals surface area contributed by atoms with Crippen LogP contribution in [-0.2, 0) is 33.8 Å². The highest BCUT2D eigenvalue weighted by Crippen LogP contribution is 2.13. The first-order valence-electron chi connectivity index (χ1n) is 19.8. The summed E-state index contributed by atoms with van der Waals surface area (Å²) >= 11 is 0. The van der Waals surface area contributed by atoms with E-state index in [0.29, 0.717) is 19.8 Å². The lowest BCUT2D eigenvalue weighted by molar-refractivity contribution is -0.313. The fraction of sp³-hybridized carbons (Fsp3) is 0.974. The lowest BCUT2D eigenvalue weighted by atomic mass is 10.0. The van der Waals surface area contributed by atoms with Gasteiger partial charge in [0.25, 0.3) is 0 Å². The van der Waals surface area contributed by atoms with Crippen molar-refractivity contribution in [2.24, 2.45) is 0 Å². The van der Waals surface area contributed by atoms with Crippen LogP contribution in [0.1, 0.15) is 181 Å². The van der Waals surface area contributed by atoms with Crippen molar-refractivity contribution in [1.82, 2.24) is 5.32 Å². The molecule has 0 amide bonds. The molecule has 0 aliphatic heterocycles. The maximum Gasteiger partial charge on any atom is 0.323 e. The van der Waals surface area contributed by atoms with Crippen LogP contribution < -0.4 is 5.32 Å². The van der Waals surface area contributed by atoms with Crippen molar-refractivity contribution in [1.29, 1.82) is 0 Å². The van der Waals surface area contributed by atoms with Gasteiger partial charge in [-0.15, -0.1) is 0 Å². The fourth-order valence-electron chi connectivity index (χ4n) is 5.46. The van der Waals surface area contributed by atoms with Gasteiger partial charge in [-0.3, -0.25) is 10.1 Å². The molecule has 2 N–H and O–H groups in total. The zero-order valence-corrected chi connectivity index (χ0v) is 30.9. The molecule has 47 heavy (non-hydrogen) atoms. The highest BCUT2D eigenvalue weighted by atomic mass is 17.2. The van der Waals surface area contributed by atoms with Crippen molar-refractivity contribution < 1.29 is 38.9 Å². The van der Waals surface area contributed by atoms with Gasteiger partial charge in [0.2, 0.25) is 0 Å². The summed E-state index contributed by atoms with van der Waals surface area (Å²) in [7, 11) is 0. The summed E-state index contributed by atoms with van der Waals surface area (Å²) in [4.78, 5) is 31.6. The number of hydrogen-bond donors (Lipinski definition) is 2. The molecule has 0 rings (SSSR count). The van der Waals surface area contributed by atoms with Gasteiger partial charge in [-0.05, 0) is 12.8 Å². The second-order valence-corrected chi connectivity index (χ2v) is 13.0. The Balaban J connectivity index is 3.34. The summed E-state index contributed by atoms with van der Waals surface area (Å²) in [6.07, 6.45) is 34.6. The number of carboxylic acids is 1. The van der Waals surface area contributed by atoms with E-state index in [1.54, 1.807) is 0 Å². The normalized spacial score (nSPS) is 12.2. The summed E-state index contributed by atoms with van der Waals surface area (Å²) < 4.78 is 11.2. The second-order valence-electron chi connectivity index (χ2n) is 13.0. The Morgan fingerprint density at radius 1 is 0.447 bits per heavy atom. The summed E-state index contributed by atoms with van der Waals surface area (Å²) in [5.74, 6) is -1.06. The molecule has 1 atom stereocenters. The average Bonchev–Trinajstić information content (AvgIpc) is 3.07. The SMILES string of the molecule is CCCCCCCCCCCCCCCOCCOOCNC(COOCCOCCCCCCCCCCCCCCC)C(=O)O. The van der Waals surface area contributed by atoms with E-state index in [0.717, 1.165) is 19.4 Å². The zero-order chi connectivity index (χ0) is 34.1. The molecule has 0 aromatic rings. The van der Waals surface area contributed by atoms with Crippen LogP contribution in [0, 0.1) is 0 Å². The third-order valence-electron chi connectivity index (χ3n) is 8.49. The minimum absolute atomic E-state index is 0.0819. The van der Waals surface area contributed by atoms with Crippen LogP contribution in [0.2, 0.25) is 0 Å². The van der Waals surface area contributed by atoms with Crippen LogP contribution in [-0.4, -0.2) is 70.1 Å². The number of ether oxygens (including phenoxy) is 2. The highest BCUT2D eigenvalue weighted by Gasteiger charge is 2.17. The topological polar surface area (TPSA) is 105 Å². The number of aliphatic carboxylic acids is 1. The molecule has 0 aliphatic rings. The Morgan fingerprint density at radius 3 is 1.15 bits per heavy atom. The lowest BCUT2D eigenvalue weighted by Gasteiger charge is -2.14. The Kier molecular flexibility index (Phi) is 40.6. The predicted molar refractivity (Wildman–Crippen MR) is 191 cm³/mol. The van der Waals surface area contributed by atoms with Gasteiger partial charge in [-0.2, -0.15) is 0 Å². The Morgan fingerprint density at radius 2 is 0.787 bits per heavy atom. The van der Waals surface area contributed by atoms with Crippen LogP contribution in [0.5, 0.6) is 0 Å². The molecule has 0 radical (unpaired) electrons. The van der Waals surface area contributed by atoms with E-state index in [9.17, 15) is 9.90 Å². The van der Waals surface area contributed by atoms with E-state index >= 15 is 0 Å². The van der Waals surface area contributed by atoms with Crippen LogP contribution in [0.4, 0.5) is 0 Å². The van der Waals surface area contributed by atoms with Gasteiger partial charge in [-0.25, -0.2) is 19.6 Å². The van der Waals surface area contributed by atoms with Crippen molar-refractivity contribution in [3.05, 3.63) is 0 Å². The van der Waals surface area contributed by atoms with Crippen molar-refractivity contribution in [2.45, 2.75) is 187 Å². The third-order valence-corrected chi connectivity index (χ3v) is 8.49. The molecule has 1 unspecified atom stereocenters. The molecule has 0 aromatic carbocycles. The largest absolute Gasteiger partial charge is 0.480 e. The first-order chi connectivity index (χ1) is 23.2. The van der Waals surface area contributed by atoms with Gasteiger partial charge in [0, 0.05) is 13.2 Å². The van der Waals surface area contributed by atoms with Crippen molar-refractivity contribution in [3.63, 3.8) is 0 Å². The average molecular weight is 676 g/mol. The summed E-state index contributed by atoms with van der Waals surface area (Å²) in [6.45, 7) is 7.14. The van der Waals surface area contributed by atoms with Crippen molar-refractivity contribution in [3.8, 4) is 0 Å². The van der Waals surface area contributed by atoms with E-state index in [1.165, 1.54) is 154 Å². The van der Waals surface area contributed by atoms with E-state index in [-0.39, 0.29) is 26.6 Å². The molecule has 0 bridgehead atoms. The number of unbranched alkanes of at least 4 members (excludes halogenated alkanes) is 24. The van der Waals surface area contributed by atoms with Gasteiger partial charge in [-0.1, -0.05) is 168 Å². The van der Waals surface area contributed by atoms with E-state index in [2.05, 4.69) is 19.2 Å². The molecule has 9 heteroatoms. The summed E-state index contributed by atoms with van der Waals surface area (Å²) in [5, 5.41) is 12.1. The number of carbonyl (C=O) groups is 1. The maximum absolute atomic E-state index is 11.4. The van der Waals surface area contributed by atoms with Crippen LogP contribution in [0.3, 0.4) is 0 Å². The number of rotatable bonds is 42. The second kappa shape index (κ2) is 41.4. The first-order valence-corrected chi connectivity index (χ1v) is 19.8. The molecule has 0 saturated heterocycles. The molecule has 282 valence electrons. The number of hydrogen-bond acceptors (Lipinski definition) is 8. The van der Waals surface area contributed by atoms with Gasteiger partial charge in [0.05, 0.1) is 13.2 Å². The molecular formula is C38H77NO8. The molecular weight excluding hydrogens is 598 g/mol. The standard InChI is InChI=1S/C38H77NO8/c1-3-5-7-9-11-13-15-17-19-21-23-25-27-29-42-31-33-44-46-35-37(38(40)41)39-36-47-45-34-32-43-30-28-26-24-22-20-18-16-14-12-10-8-6-4-2/h37,39H,3-36H2,1-2H3,(H,40,41). The smallest absolute Gasteiger partial charge is 0.323 e. The molecule has 0 heterocycles. The number of nitrogens with one attached hydrogen (secondary N) is 1. The zero-order valence-electron chi connectivity index (χ0n) is 30.9.